The van der Waals surface area contributed by atoms with Crippen molar-refractivity contribution >= 4 is 52.8 Å². The number of ether oxygens (including phenoxy) is 2. The molecule has 0 aliphatic heterocycles. The predicted molar refractivity (Wildman–Crippen MR) is 195 cm³/mol. The zero-order valence-electron chi connectivity index (χ0n) is 29.4. The quantitative estimate of drug-likeness (QED) is 0.0741. The van der Waals surface area contributed by atoms with E-state index in [4.69, 9.17) is 21.1 Å². The fourth-order valence-electron chi connectivity index (χ4n) is 5.39. The number of halogens is 4. The molecule has 1 heterocycles. The number of benzene rings is 3. The fraction of sp³-hybridized carbons (Fsp3) is 0.324. The number of rotatable bonds is 19. The normalized spacial score (nSPS) is 13.5. The van der Waals surface area contributed by atoms with E-state index in [0.29, 0.717) is 42.1 Å². The van der Waals surface area contributed by atoms with Crippen molar-refractivity contribution < 1.29 is 46.9 Å². The first kappa shape index (κ1) is 40.2. The molecule has 2 amide bonds. The third kappa shape index (κ3) is 12.0. The number of aryl methyl sites for hydroxylation is 1. The molecule has 1 aliphatic rings. The smallest absolute Gasteiger partial charge is 0.422 e. The Bertz CT molecular complexity index is 1980. The fourth-order valence-corrected chi connectivity index (χ4v) is 5.52. The summed E-state index contributed by atoms with van der Waals surface area (Å²) in [6.07, 6.45) is -2.40. The number of nitrogens with one attached hydrogen (secondary N) is 4. The van der Waals surface area contributed by atoms with Gasteiger partial charge in [-0.1, -0.05) is 35.9 Å². The van der Waals surface area contributed by atoms with E-state index in [1.807, 2.05) is 24.3 Å². The van der Waals surface area contributed by atoms with Gasteiger partial charge in [-0.15, -0.1) is 0 Å². The van der Waals surface area contributed by atoms with E-state index >= 15 is 0 Å². The monoisotopic (exact) mass is 783 g/mol. The second-order valence-electron chi connectivity index (χ2n) is 12.6. The Morgan fingerprint density at radius 2 is 1.60 bits per heavy atom. The van der Waals surface area contributed by atoms with Gasteiger partial charge in [0.15, 0.2) is 6.61 Å². The van der Waals surface area contributed by atoms with Gasteiger partial charge >= 0.3 is 18.2 Å². The molecule has 0 spiro atoms. The number of carboxylic acid groups (broad SMARTS) is 1. The maximum atomic E-state index is 12.9. The minimum Gasteiger partial charge on any atom is -0.497 e. The summed E-state index contributed by atoms with van der Waals surface area (Å²) >= 11 is 6.02. The van der Waals surface area contributed by atoms with Crippen LogP contribution >= 0.6 is 11.6 Å². The molecule has 1 aliphatic carbocycles. The molecule has 5 rings (SSSR count). The summed E-state index contributed by atoms with van der Waals surface area (Å²) < 4.78 is 48.7. The molecule has 0 saturated heterocycles. The van der Waals surface area contributed by atoms with Gasteiger partial charge < -0.3 is 35.8 Å². The van der Waals surface area contributed by atoms with Gasteiger partial charge in [0, 0.05) is 29.2 Å². The SMILES string of the molecule is COc1ccc(CCCC(=O)C(=O)NCC[C@H](NC(=O)c2ccc(Nc3nc(NC4(c5ccc(Cl)cc5)CC4)nc(OCC(F)(F)F)n3)cc2)C(=O)O)cc1. The van der Waals surface area contributed by atoms with E-state index in [2.05, 4.69) is 36.2 Å². The number of Topliss-reactive ketones (excluding diaryl/α,β-unsaturated/α-hetero) is 1. The van der Waals surface area contributed by atoms with Gasteiger partial charge in [-0.2, -0.15) is 28.1 Å². The lowest BCUT2D eigenvalue weighted by atomic mass is 10.1. The van der Waals surface area contributed by atoms with Crippen LogP contribution in [0.4, 0.5) is 30.8 Å². The Balaban J connectivity index is 1.14. The van der Waals surface area contributed by atoms with Crippen molar-refractivity contribution in [1.82, 2.24) is 25.6 Å². The molecular weight excluding hydrogens is 747 g/mol. The van der Waals surface area contributed by atoms with Gasteiger partial charge in [-0.25, -0.2) is 4.79 Å². The molecule has 5 N–H and O–H groups in total. The minimum atomic E-state index is -4.64. The first-order valence-electron chi connectivity index (χ1n) is 17.1. The largest absolute Gasteiger partial charge is 0.497 e. The van der Waals surface area contributed by atoms with Crippen LogP contribution in [0.5, 0.6) is 11.8 Å². The number of carboxylic acids is 1. The van der Waals surface area contributed by atoms with Crippen molar-refractivity contribution in [2.45, 2.75) is 56.3 Å². The van der Waals surface area contributed by atoms with E-state index < -0.39 is 53.9 Å². The lowest BCUT2D eigenvalue weighted by Crippen LogP contribution is -2.43. The van der Waals surface area contributed by atoms with Crippen molar-refractivity contribution in [3.63, 3.8) is 0 Å². The topological polar surface area (TPSA) is 194 Å². The maximum absolute atomic E-state index is 12.9. The standard InChI is InChI=1S/C37H37ClF3N7O7/c1-54-27-15-5-22(6-16-27)3-2-4-29(49)31(51)42-20-17-28(32(52)53)44-30(50)23-7-13-26(14-8-23)43-33-45-34(47-35(46-33)55-21-37(39,40)41)48-36(18-19-36)24-9-11-25(38)12-10-24/h5-16,28H,2-4,17-21H2,1H3,(H,42,51)(H,44,50)(H,52,53)(H2,43,45,46,47,48)/t28-/m0/s1. The summed E-state index contributed by atoms with van der Waals surface area (Å²) in [6, 6.07) is 18.1. The molecule has 55 heavy (non-hydrogen) atoms. The van der Waals surface area contributed by atoms with Crippen molar-refractivity contribution in [2.24, 2.45) is 0 Å². The van der Waals surface area contributed by atoms with Crippen molar-refractivity contribution in [3.05, 3.63) is 94.5 Å². The van der Waals surface area contributed by atoms with Crippen LogP contribution in [0.15, 0.2) is 72.8 Å². The van der Waals surface area contributed by atoms with Gasteiger partial charge in [0.05, 0.1) is 12.6 Å². The van der Waals surface area contributed by atoms with Crippen LogP contribution in [-0.4, -0.2) is 76.1 Å². The Morgan fingerprint density at radius 1 is 0.927 bits per heavy atom. The second kappa shape index (κ2) is 17.9. The number of hydrogen-bond donors (Lipinski definition) is 5. The molecule has 290 valence electrons. The van der Waals surface area contributed by atoms with E-state index in [0.717, 1.165) is 11.1 Å². The highest BCUT2D eigenvalue weighted by molar-refractivity contribution is 6.36. The Hall–Kier alpha value is -5.97. The highest BCUT2D eigenvalue weighted by atomic mass is 35.5. The summed E-state index contributed by atoms with van der Waals surface area (Å²) in [5.41, 5.74) is 1.72. The van der Waals surface area contributed by atoms with Crippen LogP contribution in [-0.2, 0) is 26.3 Å². The molecule has 0 bridgehead atoms. The van der Waals surface area contributed by atoms with Crippen LogP contribution in [0.2, 0.25) is 5.02 Å². The average Bonchev–Trinajstić information content (AvgIpc) is 3.94. The number of aliphatic carboxylic acids is 1. The summed E-state index contributed by atoms with van der Waals surface area (Å²) in [5.74, 6) is -3.05. The predicted octanol–water partition coefficient (Wildman–Crippen LogP) is 5.60. The van der Waals surface area contributed by atoms with Gasteiger partial charge in [0.2, 0.25) is 17.7 Å². The molecule has 0 radical (unpaired) electrons. The molecule has 4 aromatic rings. The first-order valence-corrected chi connectivity index (χ1v) is 17.4. The maximum Gasteiger partial charge on any atom is 0.422 e. The number of anilines is 3. The molecule has 1 aromatic heterocycles. The summed E-state index contributed by atoms with van der Waals surface area (Å²) in [6.45, 7) is -1.81. The number of aromatic nitrogens is 3. The molecule has 1 saturated carbocycles. The highest BCUT2D eigenvalue weighted by Crippen LogP contribution is 2.48. The summed E-state index contributed by atoms with van der Waals surface area (Å²) in [7, 11) is 1.56. The van der Waals surface area contributed by atoms with Crippen LogP contribution < -0.4 is 30.7 Å². The third-order valence-electron chi connectivity index (χ3n) is 8.48. The molecule has 18 heteroatoms. The van der Waals surface area contributed by atoms with E-state index in [1.165, 1.54) is 24.3 Å². The zero-order chi connectivity index (χ0) is 39.6. The molecule has 3 aromatic carbocycles. The van der Waals surface area contributed by atoms with Crippen LogP contribution in [0.3, 0.4) is 0 Å². The van der Waals surface area contributed by atoms with E-state index in [1.54, 1.807) is 31.4 Å². The third-order valence-corrected chi connectivity index (χ3v) is 8.74. The molecule has 1 fully saturated rings. The highest BCUT2D eigenvalue weighted by Gasteiger charge is 2.45. The van der Waals surface area contributed by atoms with Crippen LogP contribution in [0.1, 0.15) is 53.6 Å². The van der Waals surface area contributed by atoms with Crippen LogP contribution in [0, 0.1) is 0 Å². The van der Waals surface area contributed by atoms with E-state index in [-0.39, 0.29) is 36.8 Å². The van der Waals surface area contributed by atoms with Gasteiger partial charge in [-0.3, -0.25) is 14.4 Å². The zero-order valence-corrected chi connectivity index (χ0v) is 30.2. The van der Waals surface area contributed by atoms with Crippen LogP contribution in [0.25, 0.3) is 0 Å². The summed E-state index contributed by atoms with van der Waals surface area (Å²) in [5, 5.41) is 21.0. The molecule has 14 nitrogen and oxygen atoms in total. The molecule has 1 atom stereocenters. The second-order valence-corrected chi connectivity index (χ2v) is 13.1. The van der Waals surface area contributed by atoms with Crippen molar-refractivity contribution in [2.75, 3.05) is 30.9 Å². The number of nitrogens with zero attached hydrogens (tertiary/aromatic N) is 3. The average molecular weight is 784 g/mol. The minimum absolute atomic E-state index is 0.00513. The van der Waals surface area contributed by atoms with E-state index in [9.17, 15) is 37.5 Å². The van der Waals surface area contributed by atoms with Gasteiger partial charge in [-0.05, 0) is 91.8 Å². The lowest BCUT2D eigenvalue weighted by Gasteiger charge is -2.19. The van der Waals surface area contributed by atoms with Crippen molar-refractivity contribution in [1.29, 1.82) is 0 Å². The molecular formula is C37H37ClF3N7O7. The number of alkyl halides is 3. The summed E-state index contributed by atoms with van der Waals surface area (Å²) in [4.78, 5) is 61.6. The number of ketones is 1. The number of carbonyl (C=O) groups excluding carboxylic acids is 3. The number of carbonyl (C=O) groups is 4. The Labute approximate surface area is 318 Å². The van der Waals surface area contributed by atoms with Gasteiger partial charge in [0.1, 0.15) is 11.8 Å². The Morgan fingerprint density at radius 3 is 2.22 bits per heavy atom. The number of amides is 2. The Kier molecular flexibility index (Phi) is 13.1. The molecule has 0 unspecified atom stereocenters. The first-order chi connectivity index (χ1) is 26.2. The number of methoxy groups -OCH3 is 1. The van der Waals surface area contributed by atoms with Gasteiger partial charge in [0.25, 0.3) is 11.8 Å². The van der Waals surface area contributed by atoms with Crippen molar-refractivity contribution in [3.8, 4) is 11.8 Å². The number of hydrogen-bond acceptors (Lipinski definition) is 11. The lowest BCUT2D eigenvalue weighted by molar-refractivity contribution is -0.154.